The van der Waals surface area contributed by atoms with Gasteiger partial charge >= 0.3 is 0 Å². The third-order valence-electron chi connectivity index (χ3n) is 4.03. The zero-order chi connectivity index (χ0) is 15.9. The van der Waals surface area contributed by atoms with Gasteiger partial charge in [-0.2, -0.15) is 5.26 Å². The Balaban J connectivity index is 2.00. The van der Waals surface area contributed by atoms with Gasteiger partial charge in [-0.05, 0) is 26.0 Å². The molecule has 22 heavy (non-hydrogen) atoms. The molecule has 1 fully saturated rings. The van der Waals surface area contributed by atoms with Crippen molar-refractivity contribution in [2.24, 2.45) is 0 Å². The number of nitrogens with zero attached hydrogens (tertiary/aromatic N) is 3. The molecule has 2 rings (SSSR count). The number of carbonyl (C=O) groups is 1. The minimum absolute atomic E-state index is 0.0247. The minimum atomic E-state index is 0.0247. The van der Waals surface area contributed by atoms with Gasteiger partial charge in [0.2, 0.25) is 0 Å². The number of carbonyl (C=O) groups excluding carboxylic acids is 1. The summed E-state index contributed by atoms with van der Waals surface area (Å²) < 4.78 is 5.55. The lowest BCUT2D eigenvalue weighted by atomic mass is 10.1. The van der Waals surface area contributed by atoms with Crippen molar-refractivity contribution in [3.05, 3.63) is 29.8 Å². The Labute approximate surface area is 132 Å². The van der Waals surface area contributed by atoms with Gasteiger partial charge in [0.05, 0.1) is 24.7 Å². The molecule has 1 atom stereocenters. The smallest absolute Gasteiger partial charge is 0.257 e. The standard InChI is InChI=1S/C17H23N3O2/c1-3-22-16-7-5-4-6-15(16)17(21)20-12-10-19(11-13-20)14(2)8-9-18/h4-7,14H,3,8,10-13H2,1-2H3/t14-/m1/s1. The number of para-hydroxylation sites is 1. The second-order valence-electron chi connectivity index (χ2n) is 5.47. The van der Waals surface area contributed by atoms with Crippen LogP contribution in [0.3, 0.4) is 0 Å². The first kappa shape index (κ1) is 16.3. The third kappa shape index (κ3) is 3.77. The Morgan fingerprint density at radius 3 is 2.64 bits per heavy atom. The number of nitriles is 1. The normalized spacial score (nSPS) is 16.9. The van der Waals surface area contributed by atoms with E-state index < -0.39 is 0 Å². The maximum atomic E-state index is 12.7. The van der Waals surface area contributed by atoms with Gasteiger partial charge in [0, 0.05) is 32.2 Å². The molecule has 118 valence electrons. The molecule has 5 nitrogen and oxygen atoms in total. The van der Waals surface area contributed by atoms with Crippen LogP contribution < -0.4 is 4.74 Å². The molecule has 0 spiro atoms. The van der Waals surface area contributed by atoms with Crippen LogP contribution in [0.4, 0.5) is 0 Å². The average Bonchev–Trinajstić information content (AvgIpc) is 2.55. The molecule has 1 heterocycles. The van der Waals surface area contributed by atoms with Crippen molar-refractivity contribution in [3.63, 3.8) is 0 Å². The Morgan fingerprint density at radius 1 is 1.32 bits per heavy atom. The molecule has 1 aromatic rings. The largest absolute Gasteiger partial charge is 0.493 e. The topological polar surface area (TPSA) is 56.6 Å². The molecule has 5 heteroatoms. The van der Waals surface area contributed by atoms with Crippen LogP contribution >= 0.6 is 0 Å². The van der Waals surface area contributed by atoms with E-state index in [1.807, 2.05) is 36.1 Å². The van der Waals surface area contributed by atoms with E-state index in [-0.39, 0.29) is 11.9 Å². The van der Waals surface area contributed by atoms with Crippen molar-refractivity contribution in [3.8, 4) is 11.8 Å². The molecule has 1 saturated heterocycles. The number of piperazine rings is 1. The highest BCUT2D eigenvalue weighted by atomic mass is 16.5. The number of amides is 1. The van der Waals surface area contributed by atoms with Crippen LogP contribution in [0.25, 0.3) is 0 Å². The van der Waals surface area contributed by atoms with Crippen LogP contribution in [-0.2, 0) is 0 Å². The Hall–Kier alpha value is -2.06. The fraction of sp³-hybridized carbons (Fsp3) is 0.529. The van der Waals surface area contributed by atoms with Gasteiger partial charge in [-0.25, -0.2) is 0 Å². The predicted molar refractivity (Wildman–Crippen MR) is 84.8 cm³/mol. The van der Waals surface area contributed by atoms with Crippen LogP contribution in [0.1, 0.15) is 30.6 Å². The minimum Gasteiger partial charge on any atom is -0.493 e. The van der Waals surface area contributed by atoms with Gasteiger partial charge in [-0.1, -0.05) is 12.1 Å². The number of rotatable bonds is 5. The maximum Gasteiger partial charge on any atom is 0.257 e. The van der Waals surface area contributed by atoms with Crippen LogP contribution in [0.2, 0.25) is 0 Å². The number of benzene rings is 1. The lowest BCUT2D eigenvalue weighted by Crippen LogP contribution is -2.51. The van der Waals surface area contributed by atoms with Crippen molar-refractivity contribution in [2.45, 2.75) is 26.3 Å². The zero-order valence-corrected chi connectivity index (χ0v) is 13.3. The van der Waals surface area contributed by atoms with Gasteiger partial charge < -0.3 is 9.64 Å². The molecule has 1 amide bonds. The first-order valence-electron chi connectivity index (χ1n) is 7.79. The van der Waals surface area contributed by atoms with E-state index in [2.05, 4.69) is 17.9 Å². The monoisotopic (exact) mass is 301 g/mol. The van der Waals surface area contributed by atoms with Crippen molar-refractivity contribution in [1.82, 2.24) is 9.80 Å². The van der Waals surface area contributed by atoms with Crippen molar-refractivity contribution in [1.29, 1.82) is 5.26 Å². The van der Waals surface area contributed by atoms with E-state index in [0.29, 0.717) is 37.4 Å². The Morgan fingerprint density at radius 2 is 2.00 bits per heavy atom. The SMILES string of the molecule is CCOc1ccccc1C(=O)N1CCN([C@H](C)CC#N)CC1. The first-order chi connectivity index (χ1) is 10.7. The van der Waals surface area contributed by atoms with E-state index >= 15 is 0 Å². The molecule has 0 bridgehead atoms. The molecule has 1 aliphatic rings. The Kier molecular flexibility index (Phi) is 5.79. The molecule has 0 N–H and O–H groups in total. The van der Waals surface area contributed by atoms with Crippen molar-refractivity contribution >= 4 is 5.91 Å². The Bertz CT molecular complexity index is 545. The summed E-state index contributed by atoms with van der Waals surface area (Å²) in [6.45, 7) is 7.52. The van der Waals surface area contributed by atoms with Gasteiger partial charge in [-0.3, -0.25) is 9.69 Å². The molecule has 0 aliphatic carbocycles. The van der Waals surface area contributed by atoms with E-state index in [1.54, 1.807) is 0 Å². The molecule has 0 saturated carbocycles. The average molecular weight is 301 g/mol. The van der Waals surface area contributed by atoms with E-state index in [9.17, 15) is 4.79 Å². The highest BCUT2D eigenvalue weighted by Gasteiger charge is 2.26. The summed E-state index contributed by atoms with van der Waals surface area (Å²) in [6, 6.07) is 9.85. The van der Waals surface area contributed by atoms with Crippen LogP contribution in [-0.4, -0.2) is 54.5 Å². The highest BCUT2D eigenvalue weighted by Crippen LogP contribution is 2.21. The molecular formula is C17H23N3O2. The highest BCUT2D eigenvalue weighted by molar-refractivity contribution is 5.97. The fourth-order valence-electron chi connectivity index (χ4n) is 2.72. The van der Waals surface area contributed by atoms with Gasteiger partial charge in [0.1, 0.15) is 5.75 Å². The maximum absolute atomic E-state index is 12.7. The summed E-state index contributed by atoms with van der Waals surface area (Å²) in [5, 5.41) is 8.78. The van der Waals surface area contributed by atoms with Gasteiger partial charge in [0.25, 0.3) is 5.91 Å². The summed E-state index contributed by atoms with van der Waals surface area (Å²) in [5.41, 5.74) is 0.628. The van der Waals surface area contributed by atoms with Crippen LogP contribution in [0, 0.1) is 11.3 Å². The second-order valence-corrected chi connectivity index (χ2v) is 5.47. The quantitative estimate of drug-likeness (QED) is 0.836. The van der Waals surface area contributed by atoms with Crippen molar-refractivity contribution in [2.75, 3.05) is 32.8 Å². The van der Waals surface area contributed by atoms with Gasteiger partial charge in [0.15, 0.2) is 0 Å². The molecule has 0 radical (unpaired) electrons. The van der Waals surface area contributed by atoms with Gasteiger partial charge in [-0.15, -0.1) is 0 Å². The van der Waals surface area contributed by atoms with E-state index in [1.165, 1.54) is 0 Å². The number of hydrogen-bond acceptors (Lipinski definition) is 4. The van der Waals surface area contributed by atoms with Crippen LogP contribution in [0.5, 0.6) is 5.75 Å². The van der Waals surface area contributed by atoms with Crippen molar-refractivity contribution < 1.29 is 9.53 Å². The summed E-state index contributed by atoms with van der Waals surface area (Å²) in [5.74, 6) is 0.673. The van der Waals surface area contributed by atoms with E-state index in [4.69, 9.17) is 10.00 Å². The van der Waals surface area contributed by atoms with E-state index in [0.717, 1.165) is 13.1 Å². The second kappa shape index (κ2) is 7.81. The number of ether oxygens (including phenoxy) is 1. The molecule has 0 unspecified atom stereocenters. The predicted octanol–water partition coefficient (Wildman–Crippen LogP) is 2.15. The summed E-state index contributed by atoms with van der Waals surface area (Å²) in [6.07, 6.45) is 0.529. The lowest BCUT2D eigenvalue weighted by molar-refractivity contribution is 0.0582. The molecular weight excluding hydrogens is 278 g/mol. The summed E-state index contributed by atoms with van der Waals surface area (Å²) >= 11 is 0. The number of hydrogen-bond donors (Lipinski definition) is 0. The summed E-state index contributed by atoms with van der Waals surface area (Å²) in [4.78, 5) is 16.8. The van der Waals surface area contributed by atoms with Crippen LogP contribution in [0.15, 0.2) is 24.3 Å². The molecule has 0 aromatic heterocycles. The zero-order valence-electron chi connectivity index (χ0n) is 13.3. The lowest BCUT2D eigenvalue weighted by Gasteiger charge is -2.37. The molecule has 1 aromatic carbocycles. The fourth-order valence-corrected chi connectivity index (χ4v) is 2.72. The summed E-state index contributed by atoms with van der Waals surface area (Å²) in [7, 11) is 0. The first-order valence-corrected chi connectivity index (χ1v) is 7.79. The molecule has 1 aliphatic heterocycles. The third-order valence-corrected chi connectivity index (χ3v) is 4.03.